The second-order valence-electron chi connectivity index (χ2n) is 4.09. The van der Waals surface area contributed by atoms with Gasteiger partial charge in [0.15, 0.2) is 0 Å². The van der Waals surface area contributed by atoms with E-state index in [1.54, 1.807) is 12.1 Å². The molecule has 0 aliphatic heterocycles. The maximum absolute atomic E-state index is 12.5. The van der Waals surface area contributed by atoms with Gasteiger partial charge >= 0.3 is 6.18 Å². The lowest BCUT2D eigenvalue weighted by atomic mass is 10.0. The van der Waals surface area contributed by atoms with E-state index in [0.29, 0.717) is 11.1 Å². The lowest BCUT2D eigenvalue weighted by Crippen LogP contribution is -2.07. The Morgan fingerprint density at radius 1 is 1.16 bits per heavy atom. The summed E-state index contributed by atoms with van der Waals surface area (Å²) in [4.78, 5) is 0. The third-order valence-electron chi connectivity index (χ3n) is 2.68. The van der Waals surface area contributed by atoms with Crippen LogP contribution in [0.4, 0.5) is 13.2 Å². The molecule has 100 valence electrons. The van der Waals surface area contributed by atoms with E-state index in [1.165, 1.54) is 18.5 Å². The number of benzene rings is 1. The van der Waals surface area contributed by atoms with Crippen molar-refractivity contribution < 1.29 is 18.3 Å². The predicted molar refractivity (Wildman–Crippen MR) is 62.1 cm³/mol. The van der Waals surface area contributed by atoms with Crippen LogP contribution in [-0.4, -0.2) is 15.3 Å². The Morgan fingerprint density at radius 2 is 1.95 bits per heavy atom. The van der Waals surface area contributed by atoms with E-state index in [9.17, 15) is 18.3 Å². The van der Waals surface area contributed by atoms with Crippen molar-refractivity contribution in [3.63, 3.8) is 0 Å². The number of rotatable bonds is 3. The molecule has 0 amide bonds. The molecule has 1 atom stereocenters. The van der Waals surface area contributed by atoms with E-state index in [-0.39, 0.29) is 6.42 Å². The third kappa shape index (κ3) is 3.51. The van der Waals surface area contributed by atoms with Crippen LogP contribution in [-0.2, 0) is 12.6 Å². The molecule has 0 aliphatic rings. The van der Waals surface area contributed by atoms with E-state index < -0.39 is 17.8 Å². The van der Waals surface area contributed by atoms with Crippen molar-refractivity contribution in [3.05, 3.63) is 59.4 Å². The first kappa shape index (κ1) is 13.5. The van der Waals surface area contributed by atoms with Crippen molar-refractivity contribution in [2.75, 3.05) is 0 Å². The van der Waals surface area contributed by atoms with E-state index in [4.69, 9.17) is 0 Å². The highest BCUT2D eigenvalue weighted by Crippen LogP contribution is 2.30. The van der Waals surface area contributed by atoms with Crippen LogP contribution in [0.15, 0.2) is 42.7 Å². The van der Waals surface area contributed by atoms with Gasteiger partial charge in [0.2, 0.25) is 0 Å². The summed E-state index contributed by atoms with van der Waals surface area (Å²) in [5.74, 6) is 0. The summed E-state index contributed by atoms with van der Waals surface area (Å²) in [6, 6.07) is 6.50. The lowest BCUT2D eigenvalue weighted by molar-refractivity contribution is -0.137. The number of aromatic nitrogens is 2. The first-order valence-electron chi connectivity index (χ1n) is 5.57. The zero-order chi connectivity index (χ0) is 13.9. The second-order valence-corrected chi connectivity index (χ2v) is 4.09. The van der Waals surface area contributed by atoms with Crippen molar-refractivity contribution >= 4 is 0 Å². The molecule has 1 unspecified atom stereocenters. The Morgan fingerprint density at radius 3 is 2.58 bits per heavy atom. The van der Waals surface area contributed by atoms with Crippen molar-refractivity contribution in [2.45, 2.75) is 18.7 Å². The van der Waals surface area contributed by atoms with Crippen molar-refractivity contribution in [2.24, 2.45) is 0 Å². The summed E-state index contributed by atoms with van der Waals surface area (Å²) in [5.41, 5.74) is 0.219. The number of aliphatic hydroxyl groups excluding tert-OH is 1. The standard InChI is InChI=1S/C13H11F3N2O/c14-13(15,16)11-3-1-2-9(6-11)7-12(19)10-4-5-17-18-8-10/h1-6,8,12,19H,7H2. The molecule has 0 aliphatic carbocycles. The average Bonchev–Trinajstić information content (AvgIpc) is 2.39. The third-order valence-corrected chi connectivity index (χ3v) is 2.68. The predicted octanol–water partition coefficient (Wildman–Crippen LogP) is 2.77. The quantitative estimate of drug-likeness (QED) is 0.931. The Labute approximate surface area is 107 Å². The molecule has 1 heterocycles. The molecule has 2 rings (SSSR count). The number of hydrogen-bond acceptors (Lipinski definition) is 3. The molecule has 0 radical (unpaired) electrons. The van der Waals surface area contributed by atoms with Crippen LogP contribution in [0.3, 0.4) is 0 Å². The van der Waals surface area contributed by atoms with Gasteiger partial charge in [0.25, 0.3) is 0 Å². The summed E-state index contributed by atoms with van der Waals surface area (Å²) >= 11 is 0. The zero-order valence-corrected chi connectivity index (χ0v) is 9.80. The first-order chi connectivity index (χ1) is 8.97. The molecule has 19 heavy (non-hydrogen) atoms. The summed E-state index contributed by atoms with van der Waals surface area (Å²) in [7, 11) is 0. The van der Waals surface area contributed by atoms with Crippen LogP contribution in [0.25, 0.3) is 0 Å². The Bertz CT molecular complexity index is 543. The van der Waals surface area contributed by atoms with Gasteiger partial charge in [-0.05, 0) is 17.7 Å². The van der Waals surface area contributed by atoms with Crippen LogP contribution in [0.1, 0.15) is 22.8 Å². The molecule has 0 spiro atoms. The smallest absolute Gasteiger partial charge is 0.388 e. The minimum Gasteiger partial charge on any atom is -0.388 e. The molecule has 0 saturated carbocycles. The minimum absolute atomic E-state index is 0.0929. The van der Waals surface area contributed by atoms with Crippen molar-refractivity contribution in [1.82, 2.24) is 10.2 Å². The van der Waals surface area contributed by atoms with Crippen LogP contribution in [0.5, 0.6) is 0 Å². The molecule has 0 fully saturated rings. The normalized spacial score (nSPS) is 13.3. The number of nitrogens with zero attached hydrogens (tertiary/aromatic N) is 2. The van der Waals surface area contributed by atoms with Gasteiger partial charge in [-0.25, -0.2) is 0 Å². The molecular weight excluding hydrogens is 257 g/mol. The lowest BCUT2D eigenvalue weighted by Gasteiger charge is -2.12. The van der Waals surface area contributed by atoms with Gasteiger partial charge in [0, 0.05) is 18.2 Å². The van der Waals surface area contributed by atoms with Gasteiger partial charge in [-0.15, -0.1) is 0 Å². The number of aliphatic hydroxyl groups is 1. The average molecular weight is 268 g/mol. The number of hydrogen-bond donors (Lipinski definition) is 1. The van der Waals surface area contributed by atoms with Crippen LogP contribution < -0.4 is 0 Å². The molecule has 1 N–H and O–H groups in total. The first-order valence-corrected chi connectivity index (χ1v) is 5.57. The Hall–Kier alpha value is -1.95. The van der Waals surface area contributed by atoms with E-state index >= 15 is 0 Å². The topological polar surface area (TPSA) is 46.0 Å². The number of halogens is 3. The van der Waals surface area contributed by atoms with Crippen LogP contribution in [0, 0.1) is 0 Å². The van der Waals surface area contributed by atoms with Gasteiger partial charge in [-0.3, -0.25) is 0 Å². The largest absolute Gasteiger partial charge is 0.416 e. The second kappa shape index (κ2) is 5.36. The highest BCUT2D eigenvalue weighted by molar-refractivity contribution is 5.27. The fraction of sp³-hybridized carbons (Fsp3) is 0.231. The number of alkyl halides is 3. The van der Waals surface area contributed by atoms with Gasteiger partial charge in [0.05, 0.1) is 17.9 Å². The molecule has 3 nitrogen and oxygen atoms in total. The van der Waals surface area contributed by atoms with Gasteiger partial charge in [-0.1, -0.05) is 18.2 Å². The summed E-state index contributed by atoms with van der Waals surface area (Å²) < 4.78 is 37.6. The molecule has 0 saturated heterocycles. The fourth-order valence-corrected chi connectivity index (χ4v) is 1.71. The summed E-state index contributed by atoms with van der Waals surface area (Å²) in [6.07, 6.45) is -2.38. The minimum atomic E-state index is -4.38. The molecular formula is C13H11F3N2O. The highest BCUT2D eigenvalue weighted by Gasteiger charge is 2.30. The van der Waals surface area contributed by atoms with E-state index in [1.807, 2.05) is 0 Å². The highest BCUT2D eigenvalue weighted by atomic mass is 19.4. The Kier molecular flexibility index (Phi) is 3.80. The summed E-state index contributed by atoms with van der Waals surface area (Å²) in [6.45, 7) is 0. The molecule has 1 aromatic heterocycles. The van der Waals surface area contributed by atoms with Crippen molar-refractivity contribution in [3.8, 4) is 0 Å². The zero-order valence-electron chi connectivity index (χ0n) is 9.80. The molecule has 1 aromatic carbocycles. The molecule has 2 aromatic rings. The van der Waals surface area contributed by atoms with Crippen LogP contribution in [0.2, 0.25) is 0 Å². The SMILES string of the molecule is OC(Cc1cccc(C(F)(F)F)c1)c1ccnnc1. The van der Waals surface area contributed by atoms with E-state index in [2.05, 4.69) is 10.2 Å². The van der Waals surface area contributed by atoms with E-state index in [0.717, 1.165) is 12.1 Å². The molecule has 6 heteroatoms. The van der Waals surface area contributed by atoms with Crippen LogP contribution >= 0.6 is 0 Å². The maximum atomic E-state index is 12.5. The van der Waals surface area contributed by atoms with Gasteiger partial charge < -0.3 is 5.11 Å². The monoisotopic (exact) mass is 268 g/mol. The fourth-order valence-electron chi connectivity index (χ4n) is 1.71. The van der Waals surface area contributed by atoms with Gasteiger partial charge in [0.1, 0.15) is 0 Å². The van der Waals surface area contributed by atoms with Crippen molar-refractivity contribution in [1.29, 1.82) is 0 Å². The molecule has 0 bridgehead atoms. The van der Waals surface area contributed by atoms with Gasteiger partial charge in [-0.2, -0.15) is 23.4 Å². The summed E-state index contributed by atoms with van der Waals surface area (Å²) in [5, 5.41) is 17.1. The maximum Gasteiger partial charge on any atom is 0.416 e. The Balaban J connectivity index is 2.16.